The number of primary amides is 1. The first kappa shape index (κ1) is 14.2. The lowest BCUT2D eigenvalue weighted by atomic mass is 9.93. The van der Waals surface area contributed by atoms with E-state index >= 15 is 0 Å². The molecule has 0 radical (unpaired) electrons. The Morgan fingerprint density at radius 3 is 2.63 bits per heavy atom. The molecule has 104 valence electrons. The van der Waals surface area contributed by atoms with Crippen molar-refractivity contribution < 1.29 is 4.79 Å². The molecule has 0 atom stereocenters. The van der Waals surface area contributed by atoms with E-state index in [9.17, 15) is 4.79 Å². The van der Waals surface area contributed by atoms with E-state index < -0.39 is 0 Å². The maximum absolute atomic E-state index is 10.9. The molecular formula is C14H20ClN3O. The number of anilines is 1. The summed E-state index contributed by atoms with van der Waals surface area (Å²) in [4.78, 5) is 13.2. The largest absolute Gasteiger partial charge is 0.398 e. The number of nitrogens with zero attached hydrogens (tertiary/aromatic N) is 1. The molecule has 1 amide bonds. The minimum absolute atomic E-state index is 0.200. The van der Waals surface area contributed by atoms with Crippen molar-refractivity contribution >= 4 is 23.2 Å². The standard InChI is InChI=1S/C14H20ClN3O/c15-12-2-1-3-13(16)11(12)9-18-6-4-10(5-7-18)8-14(17)19/h1-3,10H,4-9,16H2,(H2,17,19). The number of rotatable bonds is 4. The summed E-state index contributed by atoms with van der Waals surface area (Å²) >= 11 is 6.18. The van der Waals surface area contributed by atoms with Crippen molar-refractivity contribution in [3.8, 4) is 0 Å². The van der Waals surface area contributed by atoms with Gasteiger partial charge in [0.25, 0.3) is 0 Å². The van der Waals surface area contributed by atoms with Gasteiger partial charge in [-0.05, 0) is 44.0 Å². The van der Waals surface area contributed by atoms with Crippen LogP contribution in [0.15, 0.2) is 18.2 Å². The molecule has 1 aliphatic heterocycles. The average Bonchev–Trinajstić information content (AvgIpc) is 2.35. The van der Waals surface area contributed by atoms with Crippen LogP contribution >= 0.6 is 11.6 Å². The van der Waals surface area contributed by atoms with Gasteiger partial charge in [0.05, 0.1) is 0 Å². The van der Waals surface area contributed by atoms with Gasteiger partial charge in [-0.3, -0.25) is 9.69 Å². The maximum Gasteiger partial charge on any atom is 0.217 e. The molecule has 1 aromatic carbocycles. The van der Waals surface area contributed by atoms with E-state index in [-0.39, 0.29) is 5.91 Å². The number of piperidine rings is 1. The smallest absolute Gasteiger partial charge is 0.217 e. The first-order chi connectivity index (χ1) is 9.06. The molecule has 1 saturated heterocycles. The zero-order valence-electron chi connectivity index (χ0n) is 10.9. The molecule has 1 fully saturated rings. The van der Waals surface area contributed by atoms with E-state index in [1.54, 1.807) is 0 Å². The lowest BCUT2D eigenvalue weighted by Crippen LogP contribution is -2.34. The Kier molecular flexibility index (Phi) is 4.66. The molecule has 0 spiro atoms. The van der Waals surface area contributed by atoms with Crippen LogP contribution in [0.5, 0.6) is 0 Å². The van der Waals surface area contributed by atoms with Crippen LogP contribution in [0, 0.1) is 5.92 Å². The third-order valence-electron chi connectivity index (χ3n) is 3.73. The summed E-state index contributed by atoms with van der Waals surface area (Å²) in [6, 6.07) is 5.61. The SMILES string of the molecule is NC(=O)CC1CCN(Cc2c(N)cccc2Cl)CC1. The van der Waals surface area contributed by atoms with Gasteiger partial charge < -0.3 is 11.5 Å². The highest BCUT2D eigenvalue weighted by molar-refractivity contribution is 6.31. The predicted molar refractivity (Wildman–Crippen MR) is 77.7 cm³/mol. The van der Waals surface area contributed by atoms with Gasteiger partial charge in [-0.2, -0.15) is 0 Å². The Hall–Kier alpha value is -1.26. The molecule has 4 N–H and O–H groups in total. The summed E-state index contributed by atoms with van der Waals surface area (Å²) in [6.45, 7) is 2.69. The predicted octanol–water partition coefficient (Wildman–Crippen LogP) is 2.01. The molecule has 2 rings (SSSR count). The van der Waals surface area contributed by atoms with E-state index in [1.165, 1.54) is 0 Å². The van der Waals surface area contributed by atoms with Crippen LogP contribution in [0.2, 0.25) is 5.02 Å². The Morgan fingerprint density at radius 2 is 2.05 bits per heavy atom. The van der Waals surface area contributed by atoms with Crippen LogP contribution < -0.4 is 11.5 Å². The number of hydrogen-bond donors (Lipinski definition) is 2. The topological polar surface area (TPSA) is 72.4 Å². The van der Waals surface area contributed by atoms with Gasteiger partial charge in [0, 0.05) is 29.2 Å². The second-order valence-corrected chi connectivity index (χ2v) is 5.60. The van der Waals surface area contributed by atoms with Crippen molar-refractivity contribution in [1.29, 1.82) is 0 Å². The quantitative estimate of drug-likeness (QED) is 0.829. The zero-order chi connectivity index (χ0) is 13.8. The van der Waals surface area contributed by atoms with Crippen LogP contribution in [0.4, 0.5) is 5.69 Å². The molecule has 19 heavy (non-hydrogen) atoms. The third kappa shape index (κ3) is 3.85. The van der Waals surface area contributed by atoms with Crippen LogP contribution in [0.1, 0.15) is 24.8 Å². The van der Waals surface area contributed by atoms with Crippen molar-refractivity contribution in [3.05, 3.63) is 28.8 Å². The van der Waals surface area contributed by atoms with E-state index in [2.05, 4.69) is 4.90 Å². The van der Waals surface area contributed by atoms with Crippen LogP contribution in [0.25, 0.3) is 0 Å². The lowest BCUT2D eigenvalue weighted by molar-refractivity contribution is -0.119. The fourth-order valence-electron chi connectivity index (χ4n) is 2.60. The molecule has 0 bridgehead atoms. The van der Waals surface area contributed by atoms with Gasteiger partial charge in [0.1, 0.15) is 0 Å². The Balaban J connectivity index is 1.91. The van der Waals surface area contributed by atoms with Crippen molar-refractivity contribution in [2.24, 2.45) is 11.7 Å². The van der Waals surface area contributed by atoms with Crippen LogP contribution in [-0.2, 0) is 11.3 Å². The minimum atomic E-state index is -0.200. The Morgan fingerprint density at radius 1 is 1.37 bits per heavy atom. The van der Waals surface area contributed by atoms with Gasteiger partial charge >= 0.3 is 0 Å². The molecule has 0 aliphatic carbocycles. The Bertz CT molecular complexity index is 436. The molecule has 1 heterocycles. The van der Waals surface area contributed by atoms with Gasteiger partial charge in [-0.1, -0.05) is 17.7 Å². The maximum atomic E-state index is 10.9. The van der Waals surface area contributed by atoms with Crippen molar-refractivity contribution in [2.45, 2.75) is 25.8 Å². The molecule has 4 nitrogen and oxygen atoms in total. The fraction of sp³-hybridized carbons (Fsp3) is 0.500. The summed E-state index contributed by atoms with van der Waals surface area (Å²) in [7, 11) is 0. The van der Waals surface area contributed by atoms with E-state index in [1.807, 2.05) is 18.2 Å². The lowest BCUT2D eigenvalue weighted by Gasteiger charge is -2.31. The van der Waals surface area contributed by atoms with E-state index in [4.69, 9.17) is 23.1 Å². The molecule has 1 aliphatic rings. The summed E-state index contributed by atoms with van der Waals surface area (Å²) in [5.41, 5.74) is 12.9. The minimum Gasteiger partial charge on any atom is -0.398 e. The molecular weight excluding hydrogens is 262 g/mol. The molecule has 5 heteroatoms. The number of carbonyl (C=O) groups excluding carboxylic acids is 1. The number of carbonyl (C=O) groups is 1. The van der Waals surface area contributed by atoms with Crippen molar-refractivity contribution in [1.82, 2.24) is 4.90 Å². The second kappa shape index (κ2) is 6.26. The second-order valence-electron chi connectivity index (χ2n) is 5.20. The first-order valence-electron chi connectivity index (χ1n) is 6.60. The molecule has 0 unspecified atom stereocenters. The van der Waals surface area contributed by atoms with E-state index in [0.717, 1.165) is 48.7 Å². The highest BCUT2D eigenvalue weighted by Crippen LogP contribution is 2.26. The average molecular weight is 282 g/mol. The molecule has 0 saturated carbocycles. The number of amides is 1. The summed E-state index contributed by atoms with van der Waals surface area (Å²) in [6.07, 6.45) is 2.52. The van der Waals surface area contributed by atoms with Crippen LogP contribution in [-0.4, -0.2) is 23.9 Å². The molecule has 0 aromatic heterocycles. The summed E-state index contributed by atoms with van der Waals surface area (Å²) in [5, 5.41) is 0.722. The number of nitrogen functional groups attached to an aromatic ring is 1. The monoisotopic (exact) mass is 281 g/mol. The van der Waals surface area contributed by atoms with Gasteiger partial charge in [0.15, 0.2) is 0 Å². The van der Waals surface area contributed by atoms with Crippen LogP contribution in [0.3, 0.4) is 0 Å². The zero-order valence-corrected chi connectivity index (χ0v) is 11.7. The number of nitrogens with two attached hydrogens (primary N) is 2. The third-order valence-corrected chi connectivity index (χ3v) is 4.09. The van der Waals surface area contributed by atoms with Crippen molar-refractivity contribution in [3.63, 3.8) is 0 Å². The highest BCUT2D eigenvalue weighted by Gasteiger charge is 2.21. The van der Waals surface area contributed by atoms with E-state index in [0.29, 0.717) is 12.3 Å². The van der Waals surface area contributed by atoms with Gasteiger partial charge in [0.2, 0.25) is 5.91 Å². The number of likely N-dealkylation sites (tertiary alicyclic amines) is 1. The number of halogens is 1. The van der Waals surface area contributed by atoms with Gasteiger partial charge in [-0.15, -0.1) is 0 Å². The number of benzene rings is 1. The molecule has 1 aromatic rings. The summed E-state index contributed by atoms with van der Waals surface area (Å²) < 4.78 is 0. The van der Waals surface area contributed by atoms with Crippen molar-refractivity contribution in [2.75, 3.05) is 18.8 Å². The number of hydrogen-bond acceptors (Lipinski definition) is 3. The fourth-order valence-corrected chi connectivity index (χ4v) is 2.84. The Labute approximate surface area is 118 Å². The normalized spacial score (nSPS) is 17.5. The first-order valence-corrected chi connectivity index (χ1v) is 6.97. The van der Waals surface area contributed by atoms with Gasteiger partial charge in [-0.25, -0.2) is 0 Å². The summed E-state index contributed by atoms with van der Waals surface area (Å²) in [5.74, 6) is 0.228. The highest BCUT2D eigenvalue weighted by atomic mass is 35.5.